The molecule has 0 saturated carbocycles. The quantitative estimate of drug-likeness (QED) is 0.700. The minimum absolute atomic E-state index is 0.786. The maximum absolute atomic E-state index is 5.56. The van der Waals surface area contributed by atoms with Crippen LogP contribution < -0.4 is 4.74 Å². The molecular formula is C13H17BrO. The molecule has 0 fully saturated rings. The molecule has 1 rings (SSSR count). The van der Waals surface area contributed by atoms with Crippen molar-refractivity contribution in [2.45, 2.75) is 19.8 Å². The predicted octanol–water partition coefficient (Wildman–Crippen LogP) is 4.27. The van der Waals surface area contributed by atoms with Crippen LogP contribution in [0.4, 0.5) is 0 Å². The van der Waals surface area contributed by atoms with Gasteiger partial charge in [0.25, 0.3) is 0 Å². The van der Waals surface area contributed by atoms with Crippen LogP contribution in [0.2, 0.25) is 0 Å². The Labute approximate surface area is 100 Å². The molecule has 0 unspecified atom stereocenters. The molecule has 0 aliphatic heterocycles. The molecule has 0 aromatic heterocycles. The normalized spacial score (nSPS) is 10.8. The van der Waals surface area contributed by atoms with Gasteiger partial charge in [0.05, 0.1) is 6.61 Å². The van der Waals surface area contributed by atoms with Crippen molar-refractivity contribution in [3.8, 4) is 5.75 Å². The van der Waals surface area contributed by atoms with E-state index in [-0.39, 0.29) is 0 Å². The van der Waals surface area contributed by atoms with Gasteiger partial charge >= 0.3 is 0 Å². The van der Waals surface area contributed by atoms with Crippen molar-refractivity contribution in [2.24, 2.45) is 0 Å². The average molecular weight is 269 g/mol. The lowest BCUT2D eigenvalue weighted by Gasteiger charge is -2.04. The molecule has 0 radical (unpaired) electrons. The monoisotopic (exact) mass is 268 g/mol. The average Bonchev–Trinajstić information content (AvgIpc) is 2.27. The Morgan fingerprint density at radius 3 is 3.00 bits per heavy atom. The van der Waals surface area contributed by atoms with Crippen molar-refractivity contribution in [1.29, 1.82) is 0 Å². The summed E-state index contributed by atoms with van der Waals surface area (Å²) in [5.41, 5.74) is 1.20. The van der Waals surface area contributed by atoms with Crippen LogP contribution in [0.25, 0.3) is 6.08 Å². The van der Waals surface area contributed by atoms with Gasteiger partial charge < -0.3 is 4.74 Å². The summed E-state index contributed by atoms with van der Waals surface area (Å²) in [6.07, 6.45) is 6.39. The minimum Gasteiger partial charge on any atom is -0.494 e. The lowest BCUT2D eigenvalue weighted by molar-refractivity contribution is 0.317. The van der Waals surface area contributed by atoms with Crippen molar-refractivity contribution in [3.05, 3.63) is 35.9 Å². The molecule has 0 amide bonds. The van der Waals surface area contributed by atoms with Gasteiger partial charge in [-0.15, -0.1) is 0 Å². The molecule has 0 atom stereocenters. The highest BCUT2D eigenvalue weighted by atomic mass is 79.9. The van der Waals surface area contributed by atoms with Gasteiger partial charge in [0.1, 0.15) is 5.75 Å². The van der Waals surface area contributed by atoms with Crippen LogP contribution in [0.15, 0.2) is 30.3 Å². The number of alkyl halides is 1. The van der Waals surface area contributed by atoms with Crippen LogP contribution >= 0.6 is 15.9 Å². The summed E-state index contributed by atoms with van der Waals surface area (Å²) in [5, 5.41) is 1.01. The van der Waals surface area contributed by atoms with E-state index >= 15 is 0 Å². The van der Waals surface area contributed by atoms with Crippen LogP contribution in [0.3, 0.4) is 0 Å². The Kier molecular flexibility index (Phi) is 6.17. The molecule has 0 bridgehead atoms. The summed E-state index contributed by atoms with van der Waals surface area (Å²) in [6, 6.07) is 8.18. The summed E-state index contributed by atoms with van der Waals surface area (Å²) < 4.78 is 5.56. The molecule has 1 aromatic rings. The molecule has 0 spiro atoms. The van der Waals surface area contributed by atoms with E-state index in [9.17, 15) is 0 Å². The van der Waals surface area contributed by atoms with Crippen molar-refractivity contribution in [2.75, 3.05) is 11.9 Å². The van der Waals surface area contributed by atoms with Crippen LogP contribution in [-0.2, 0) is 0 Å². The third kappa shape index (κ3) is 5.03. The zero-order chi connectivity index (χ0) is 10.9. The first kappa shape index (κ1) is 12.3. The summed E-state index contributed by atoms with van der Waals surface area (Å²) >= 11 is 3.40. The van der Waals surface area contributed by atoms with Gasteiger partial charge in [-0.2, -0.15) is 0 Å². The van der Waals surface area contributed by atoms with E-state index in [0.29, 0.717) is 0 Å². The minimum atomic E-state index is 0.786. The standard InChI is InChI=1S/C13H17BrO/c1-2-10-15-13-8-5-7-12(11-13)6-3-4-9-14/h3,5-8,11H,2,4,9-10H2,1H3. The number of halogens is 1. The molecule has 0 aliphatic carbocycles. The highest BCUT2D eigenvalue weighted by molar-refractivity contribution is 9.09. The van der Waals surface area contributed by atoms with Gasteiger partial charge in [-0.3, -0.25) is 0 Å². The van der Waals surface area contributed by atoms with E-state index in [0.717, 1.165) is 30.5 Å². The zero-order valence-corrected chi connectivity index (χ0v) is 10.7. The van der Waals surface area contributed by atoms with Crippen LogP contribution in [0, 0.1) is 0 Å². The van der Waals surface area contributed by atoms with Gasteiger partial charge in [0, 0.05) is 5.33 Å². The highest BCUT2D eigenvalue weighted by Crippen LogP contribution is 2.14. The summed E-state index contributed by atoms with van der Waals surface area (Å²) in [5.74, 6) is 0.956. The maximum Gasteiger partial charge on any atom is 0.119 e. The fraction of sp³-hybridized carbons (Fsp3) is 0.385. The zero-order valence-electron chi connectivity index (χ0n) is 9.08. The van der Waals surface area contributed by atoms with Crippen LogP contribution in [0.5, 0.6) is 5.75 Å². The van der Waals surface area contributed by atoms with E-state index in [2.05, 4.69) is 47.1 Å². The molecule has 82 valence electrons. The first-order chi connectivity index (χ1) is 7.36. The number of benzene rings is 1. The molecule has 15 heavy (non-hydrogen) atoms. The topological polar surface area (TPSA) is 9.23 Å². The Morgan fingerprint density at radius 2 is 2.27 bits per heavy atom. The lowest BCUT2D eigenvalue weighted by atomic mass is 10.2. The van der Waals surface area contributed by atoms with E-state index < -0.39 is 0 Å². The van der Waals surface area contributed by atoms with Crippen molar-refractivity contribution >= 4 is 22.0 Å². The Bertz CT molecular complexity index is 307. The Hall–Kier alpha value is -0.760. The maximum atomic E-state index is 5.56. The van der Waals surface area contributed by atoms with Gasteiger partial charge in [0.2, 0.25) is 0 Å². The molecule has 0 saturated heterocycles. The second-order valence-corrected chi connectivity index (χ2v) is 4.09. The van der Waals surface area contributed by atoms with Crippen LogP contribution in [-0.4, -0.2) is 11.9 Å². The summed E-state index contributed by atoms with van der Waals surface area (Å²) in [7, 11) is 0. The fourth-order valence-electron chi connectivity index (χ4n) is 1.21. The first-order valence-electron chi connectivity index (χ1n) is 5.32. The van der Waals surface area contributed by atoms with Gasteiger partial charge in [0.15, 0.2) is 0 Å². The molecular weight excluding hydrogens is 252 g/mol. The van der Waals surface area contributed by atoms with E-state index in [1.54, 1.807) is 0 Å². The summed E-state index contributed by atoms with van der Waals surface area (Å²) in [6.45, 7) is 2.90. The molecule has 1 nitrogen and oxygen atoms in total. The Balaban J connectivity index is 2.57. The third-order valence-electron chi connectivity index (χ3n) is 1.92. The largest absolute Gasteiger partial charge is 0.494 e. The molecule has 1 aromatic carbocycles. The van der Waals surface area contributed by atoms with E-state index in [4.69, 9.17) is 4.74 Å². The highest BCUT2D eigenvalue weighted by Gasteiger charge is 1.93. The van der Waals surface area contributed by atoms with Crippen molar-refractivity contribution in [3.63, 3.8) is 0 Å². The Morgan fingerprint density at radius 1 is 1.40 bits per heavy atom. The molecule has 0 N–H and O–H groups in total. The summed E-state index contributed by atoms with van der Waals surface area (Å²) in [4.78, 5) is 0. The second kappa shape index (κ2) is 7.52. The third-order valence-corrected chi connectivity index (χ3v) is 2.37. The number of hydrogen-bond acceptors (Lipinski definition) is 1. The van der Waals surface area contributed by atoms with Gasteiger partial charge in [-0.25, -0.2) is 0 Å². The molecule has 0 aliphatic rings. The lowest BCUT2D eigenvalue weighted by Crippen LogP contribution is -1.94. The van der Waals surface area contributed by atoms with Crippen LogP contribution in [0.1, 0.15) is 25.3 Å². The second-order valence-electron chi connectivity index (χ2n) is 3.30. The molecule has 2 heteroatoms. The van der Waals surface area contributed by atoms with Crippen molar-refractivity contribution in [1.82, 2.24) is 0 Å². The smallest absolute Gasteiger partial charge is 0.119 e. The van der Waals surface area contributed by atoms with Gasteiger partial charge in [-0.1, -0.05) is 47.1 Å². The van der Waals surface area contributed by atoms with Crippen molar-refractivity contribution < 1.29 is 4.74 Å². The molecule has 0 heterocycles. The number of allylic oxidation sites excluding steroid dienone is 1. The van der Waals surface area contributed by atoms with E-state index in [1.165, 1.54) is 5.56 Å². The number of hydrogen-bond donors (Lipinski definition) is 0. The van der Waals surface area contributed by atoms with Gasteiger partial charge in [-0.05, 0) is 30.5 Å². The first-order valence-corrected chi connectivity index (χ1v) is 6.44. The number of rotatable bonds is 6. The van der Waals surface area contributed by atoms with E-state index in [1.807, 2.05) is 12.1 Å². The SMILES string of the molecule is CCCOc1cccc(C=CCCBr)c1. The predicted molar refractivity (Wildman–Crippen MR) is 69.7 cm³/mol. The fourth-order valence-corrected chi connectivity index (χ4v) is 1.47. The number of ether oxygens (including phenoxy) is 1.